The van der Waals surface area contributed by atoms with Crippen LogP contribution in [0.4, 0.5) is 0 Å². The van der Waals surface area contributed by atoms with E-state index in [4.69, 9.17) is 0 Å². The molecule has 0 fully saturated rings. The van der Waals surface area contributed by atoms with E-state index in [1.54, 1.807) is 0 Å². The Morgan fingerprint density at radius 1 is 1.04 bits per heavy atom. The molecule has 1 unspecified atom stereocenters. The summed E-state index contributed by atoms with van der Waals surface area (Å²) in [5.74, 6) is -0.0784. The van der Waals surface area contributed by atoms with Crippen molar-refractivity contribution in [1.29, 1.82) is 0 Å². The first-order valence-electron chi connectivity index (χ1n) is 9.11. The number of allylic oxidation sites excluding steroid dienone is 1. The fourth-order valence-corrected chi connectivity index (χ4v) is 3.93. The molecule has 0 heterocycles. The highest BCUT2D eigenvalue weighted by Gasteiger charge is 2.34. The van der Waals surface area contributed by atoms with Crippen molar-refractivity contribution in [3.8, 4) is 0 Å². The van der Waals surface area contributed by atoms with E-state index < -0.39 is 5.60 Å². The molecule has 0 radical (unpaired) electrons. The molecule has 3 rings (SSSR count). The summed E-state index contributed by atoms with van der Waals surface area (Å²) in [4.78, 5) is 12.3. The summed E-state index contributed by atoms with van der Waals surface area (Å²) in [6, 6.07) is 17.5. The second-order valence-corrected chi connectivity index (χ2v) is 8.29. The van der Waals surface area contributed by atoms with Crippen LogP contribution < -0.4 is 5.32 Å². The molecule has 3 nitrogen and oxygen atoms in total. The summed E-state index contributed by atoms with van der Waals surface area (Å²) in [6.45, 7) is 6.74. The van der Waals surface area contributed by atoms with Gasteiger partial charge in [-0.15, -0.1) is 0 Å². The van der Waals surface area contributed by atoms with E-state index >= 15 is 0 Å². The summed E-state index contributed by atoms with van der Waals surface area (Å²) in [7, 11) is 0. The zero-order chi connectivity index (χ0) is 18.8. The summed E-state index contributed by atoms with van der Waals surface area (Å²) in [6.07, 6.45) is 3.63. The highest BCUT2D eigenvalue weighted by atomic mass is 16.3. The standard InChI is InChI=1S/C23H27NO2/c1-22(2)13-20(14-23(3,26)16-22)18-9-11-19(12-10-18)21(25)24-15-17-7-5-4-6-8-17/h4-12,14,26H,13,15-16H2,1-3H3,(H,24,25). The quantitative estimate of drug-likeness (QED) is 0.849. The Hall–Kier alpha value is -2.39. The van der Waals surface area contributed by atoms with Crippen molar-refractivity contribution in [2.75, 3.05) is 0 Å². The van der Waals surface area contributed by atoms with Gasteiger partial charge in [-0.1, -0.05) is 56.3 Å². The van der Waals surface area contributed by atoms with E-state index in [1.165, 1.54) is 0 Å². The first-order valence-corrected chi connectivity index (χ1v) is 9.11. The third-order valence-electron chi connectivity index (χ3n) is 4.80. The smallest absolute Gasteiger partial charge is 0.251 e. The van der Waals surface area contributed by atoms with E-state index in [1.807, 2.05) is 67.6 Å². The molecule has 26 heavy (non-hydrogen) atoms. The first kappa shape index (κ1) is 18.4. The Balaban J connectivity index is 1.70. The zero-order valence-corrected chi connectivity index (χ0v) is 15.8. The zero-order valence-electron chi connectivity index (χ0n) is 15.8. The monoisotopic (exact) mass is 349 g/mol. The molecule has 0 bridgehead atoms. The average Bonchev–Trinajstić information content (AvgIpc) is 2.58. The minimum absolute atomic E-state index is 0.0549. The van der Waals surface area contributed by atoms with Gasteiger partial charge in [0.25, 0.3) is 5.91 Å². The molecule has 0 saturated carbocycles. The average molecular weight is 349 g/mol. The summed E-state index contributed by atoms with van der Waals surface area (Å²) in [5, 5.41) is 13.5. The van der Waals surface area contributed by atoms with Crippen LogP contribution in [0.3, 0.4) is 0 Å². The van der Waals surface area contributed by atoms with Crippen molar-refractivity contribution >= 4 is 11.5 Å². The Morgan fingerprint density at radius 2 is 1.69 bits per heavy atom. The van der Waals surface area contributed by atoms with Gasteiger partial charge in [-0.3, -0.25) is 4.79 Å². The van der Waals surface area contributed by atoms with Gasteiger partial charge in [-0.25, -0.2) is 0 Å². The Morgan fingerprint density at radius 3 is 2.31 bits per heavy atom. The van der Waals surface area contributed by atoms with Crippen molar-refractivity contribution in [2.45, 2.75) is 45.8 Å². The van der Waals surface area contributed by atoms with Gasteiger partial charge in [-0.2, -0.15) is 0 Å². The fourth-order valence-electron chi connectivity index (χ4n) is 3.93. The van der Waals surface area contributed by atoms with E-state index in [0.29, 0.717) is 12.1 Å². The Bertz CT molecular complexity index is 802. The van der Waals surface area contributed by atoms with Gasteiger partial charge < -0.3 is 10.4 Å². The number of rotatable bonds is 4. The van der Waals surface area contributed by atoms with E-state index in [-0.39, 0.29) is 11.3 Å². The summed E-state index contributed by atoms with van der Waals surface area (Å²) in [5.41, 5.74) is 3.20. The molecule has 2 aromatic rings. The molecule has 0 saturated heterocycles. The summed E-state index contributed by atoms with van der Waals surface area (Å²) >= 11 is 0. The van der Waals surface area contributed by atoms with Gasteiger partial charge in [0.15, 0.2) is 0 Å². The number of carbonyl (C=O) groups is 1. The minimum Gasteiger partial charge on any atom is -0.386 e. The van der Waals surface area contributed by atoms with Crippen molar-refractivity contribution in [3.63, 3.8) is 0 Å². The van der Waals surface area contributed by atoms with Crippen LogP contribution in [0.15, 0.2) is 60.7 Å². The lowest BCUT2D eigenvalue weighted by molar-refractivity contribution is 0.0532. The predicted molar refractivity (Wildman–Crippen MR) is 106 cm³/mol. The Labute approximate surface area is 155 Å². The molecular weight excluding hydrogens is 322 g/mol. The molecule has 1 amide bonds. The van der Waals surface area contributed by atoms with Gasteiger partial charge >= 0.3 is 0 Å². The van der Waals surface area contributed by atoms with E-state index in [9.17, 15) is 9.90 Å². The molecule has 1 aliphatic rings. The number of hydrogen-bond acceptors (Lipinski definition) is 2. The maximum atomic E-state index is 12.3. The van der Waals surface area contributed by atoms with Crippen molar-refractivity contribution in [2.24, 2.45) is 5.41 Å². The molecule has 0 spiro atoms. The maximum Gasteiger partial charge on any atom is 0.251 e. The van der Waals surface area contributed by atoms with Crippen LogP contribution in [0.1, 0.15) is 55.1 Å². The normalized spacial score (nSPS) is 21.8. The highest BCUT2D eigenvalue weighted by molar-refractivity contribution is 5.94. The van der Waals surface area contributed by atoms with Crippen LogP contribution in [0.5, 0.6) is 0 Å². The molecule has 0 aromatic heterocycles. The third kappa shape index (κ3) is 4.61. The van der Waals surface area contributed by atoms with Crippen molar-refractivity contribution in [1.82, 2.24) is 5.32 Å². The van der Waals surface area contributed by atoms with Crippen LogP contribution >= 0.6 is 0 Å². The molecule has 136 valence electrons. The van der Waals surface area contributed by atoms with Gasteiger partial charge in [-0.05, 0) is 60.1 Å². The largest absolute Gasteiger partial charge is 0.386 e. The minimum atomic E-state index is -0.789. The number of benzene rings is 2. The predicted octanol–water partition coefficient (Wildman–Crippen LogP) is 4.57. The van der Waals surface area contributed by atoms with Gasteiger partial charge in [0, 0.05) is 12.1 Å². The number of hydrogen-bond donors (Lipinski definition) is 2. The topological polar surface area (TPSA) is 49.3 Å². The lowest BCUT2D eigenvalue weighted by Crippen LogP contribution is -2.33. The molecule has 3 heteroatoms. The van der Waals surface area contributed by atoms with Crippen LogP contribution in [-0.2, 0) is 6.54 Å². The van der Waals surface area contributed by atoms with Crippen LogP contribution in [0.2, 0.25) is 0 Å². The first-order chi connectivity index (χ1) is 12.2. The summed E-state index contributed by atoms with van der Waals surface area (Å²) < 4.78 is 0. The molecule has 1 atom stereocenters. The van der Waals surface area contributed by atoms with E-state index in [0.717, 1.165) is 29.5 Å². The number of nitrogens with one attached hydrogen (secondary N) is 1. The second-order valence-electron chi connectivity index (χ2n) is 8.29. The van der Waals surface area contributed by atoms with Crippen molar-refractivity contribution < 1.29 is 9.90 Å². The van der Waals surface area contributed by atoms with Crippen molar-refractivity contribution in [3.05, 3.63) is 77.4 Å². The van der Waals surface area contributed by atoms with Crippen LogP contribution in [0, 0.1) is 5.41 Å². The number of carbonyl (C=O) groups excluding carboxylic acids is 1. The van der Waals surface area contributed by atoms with E-state index in [2.05, 4.69) is 19.2 Å². The molecule has 0 aliphatic heterocycles. The molecular formula is C23H27NO2. The Kier molecular flexibility index (Phi) is 5.01. The van der Waals surface area contributed by atoms with Gasteiger partial charge in [0.2, 0.25) is 0 Å². The highest BCUT2D eigenvalue weighted by Crippen LogP contribution is 2.43. The third-order valence-corrected chi connectivity index (χ3v) is 4.80. The molecule has 2 aromatic carbocycles. The van der Waals surface area contributed by atoms with Crippen LogP contribution in [0.25, 0.3) is 5.57 Å². The van der Waals surface area contributed by atoms with Gasteiger partial charge in [0.1, 0.15) is 0 Å². The number of aliphatic hydroxyl groups is 1. The van der Waals surface area contributed by atoms with Crippen LogP contribution in [-0.4, -0.2) is 16.6 Å². The van der Waals surface area contributed by atoms with Gasteiger partial charge in [0.05, 0.1) is 5.60 Å². The lowest BCUT2D eigenvalue weighted by Gasteiger charge is -2.38. The SMILES string of the molecule is CC1(O)C=C(c2ccc(C(=O)NCc3ccccc3)cc2)CC(C)(C)C1. The molecule has 1 aliphatic carbocycles. The molecule has 2 N–H and O–H groups in total. The number of amides is 1. The second kappa shape index (κ2) is 7.08. The fraction of sp³-hybridized carbons (Fsp3) is 0.348. The lowest BCUT2D eigenvalue weighted by atomic mass is 9.70. The maximum absolute atomic E-state index is 12.3.